The molecular formula is C85H84F9N17O12S. The number of pyridine rings is 3. The molecule has 6 aliphatic rings. The Labute approximate surface area is 703 Å². The van der Waals surface area contributed by atoms with Crippen molar-refractivity contribution in [1.29, 1.82) is 5.26 Å². The number of nitriles is 1. The van der Waals surface area contributed by atoms with Gasteiger partial charge in [-0.3, -0.25) is 56.4 Å². The number of nitrogens with one attached hydrogen (secondary N) is 4. The molecule has 7 N–H and O–H groups in total. The van der Waals surface area contributed by atoms with Crippen LogP contribution in [0.4, 0.5) is 57.0 Å². The number of benzene rings is 3. The summed E-state index contributed by atoms with van der Waals surface area (Å²) in [5.41, 5.74) is -3.81. The number of nitrogens with zero attached hydrogens (tertiary/aromatic N) is 13. The van der Waals surface area contributed by atoms with Gasteiger partial charge >= 0.3 is 10.4 Å². The number of aliphatic hydroxyl groups is 1. The van der Waals surface area contributed by atoms with E-state index in [1.54, 1.807) is 37.1 Å². The molecule has 6 unspecified atom stereocenters. The van der Waals surface area contributed by atoms with Crippen LogP contribution in [0.1, 0.15) is 193 Å². The van der Waals surface area contributed by atoms with Crippen molar-refractivity contribution in [1.82, 2.24) is 63.6 Å². The summed E-state index contributed by atoms with van der Waals surface area (Å²) in [5.74, 6) is 3.94. The zero-order valence-corrected chi connectivity index (χ0v) is 68.6. The van der Waals surface area contributed by atoms with Gasteiger partial charge < -0.3 is 41.1 Å². The summed E-state index contributed by atoms with van der Waals surface area (Å²) in [4.78, 5) is 120. The van der Waals surface area contributed by atoms with Crippen molar-refractivity contribution in [2.75, 3.05) is 16.0 Å². The first-order chi connectivity index (χ1) is 58.6. The minimum atomic E-state index is -4.67. The molecule has 15 rings (SSSR count). The molecule has 5 fully saturated rings. The van der Waals surface area contributed by atoms with Crippen molar-refractivity contribution in [2.24, 2.45) is 21.1 Å². The minimum Gasteiger partial charge on any atom is -0.385 e. The van der Waals surface area contributed by atoms with Gasteiger partial charge in [-0.25, -0.2) is 69.4 Å². The van der Waals surface area contributed by atoms with Gasteiger partial charge in [-0.05, 0) is 81.6 Å². The fraction of sp³-hybridized carbons (Fsp3) is 0.388. The molecule has 5 saturated heterocycles. The van der Waals surface area contributed by atoms with E-state index in [2.05, 4.69) is 68.9 Å². The third-order valence-electron chi connectivity index (χ3n) is 23.0. The van der Waals surface area contributed by atoms with Gasteiger partial charge in [-0.15, -0.1) is 19.3 Å². The SMILES string of the molecule is C#C[C@@H](Nc1ncnc2c1cc(C1(NC(C)=O)CC3CCC(C1)N3C(C)=O)c(=O)n2C)c1cccc(C(F)F)c1F.C#C[C@@H](Nc1ncnc2c1cc(C1(O)CC3CCC(C1)N3C(C)=O)c(=O)n2C)c1cccc(C(F)F)c1F.C#C[C@@H](Nc1ncnc2c1cc(C1=CC3CCC(C1)N3C(C)=O)c(=O)n2C)c1cccc(C(F)F)c1F.CC#N.O=S(=O)(O)O. The predicted octanol–water partition coefficient (Wildman–Crippen LogP) is 11.5. The minimum absolute atomic E-state index is 0.0116. The molecule has 0 aliphatic carbocycles. The zero-order chi connectivity index (χ0) is 90.6. The Balaban J connectivity index is 0.000000173. The van der Waals surface area contributed by atoms with Gasteiger partial charge in [-0.2, -0.15) is 13.7 Å². The van der Waals surface area contributed by atoms with Crippen molar-refractivity contribution in [2.45, 2.75) is 190 Å². The third kappa shape index (κ3) is 18.6. The number of alkyl halides is 6. The standard InChI is InChI=1S/C29H29F3N6O3.C27H26F3N5O3.C27H24F3N5O2.C2H3N.H2O4S/c1-5-23(19-7-6-8-20(24(19)30)25(31)32)35-26-21-11-22(28(41)37(4)27(21)34-14-33-26)29(36-15(2)39)12-17-9-10-18(13-29)38(17)16(3)40;1-4-21(17-6-5-7-18(22(17)28)23(29)30)33-24-19-10-20(26(37)34(3)25(19)32-13-31-24)27(38)11-15-8-9-16(12-27)35(15)14(2)36;1-4-22(18-6-5-7-19(23(18)28)24(29)30)33-25-21-12-20(27(37)34(3)26(21)32-13-31-25)15-10-16-8-9-17(11-15)35(16)14(2)36;1-2-3;1-5(2,3)4/h1,6-8,11,14,17-18,23,25H,9-10,12-13H2,2-4H3,(H,36,39)(H,33,34,35);1,5-7,10,13,15-16,21,23,38H,8-9,11-12H2,2-3H3,(H,31,32,33);1,5-7,10,12-13,16-17,22,24H,8-9,11H2,2-3H3,(H,31,32,33);1H3;(H2,1,2,3,4)/t17?,18?,23-,29?;15?,16?,21-,27?;16?,17?,22-;;/m111../s1. The predicted molar refractivity (Wildman–Crippen MR) is 438 cm³/mol. The fourth-order valence-electron chi connectivity index (χ4n) is 17.9. The topological polar surface area (TPSA) is 388 Å². The number of hydrogen-bond acceptors (Lipinski definition) is 20. The second-order valence-corrected chi connectivity index (χ2v) is 31.5. The molecule has 12 heterocycles. The number of rotatable bonds is 16. The van der Waals surface area contributed by atoms with E-state index in [0.29, 0.717) is 52.2 Å². The number of carbonyl (C=O) groups is 4. The highest BCUT2D eigenvalue weighted by atomic mass is 32.3. The average Bonchev–Trinajstić information content (AvgIpc) is 1.40. The van der Waals surface area contributed by atoms with Crippen molar-refractivity contribution >= 4 is 90.2 Å². The number of aryl methyl sites for hydroxylation is 3. The van der Waals surface area contributed by atoms with Crippen LogP contribution in [0.2, 0.25) is 0 Å². The van der Waals surface area contributed by atoms with Gasteiger partial charge in [0.2, 0.25) is 23.6 Å². The quantitative estimate of drug-likeness (QED) is 0.0268. The van der Waals surface area contributed by atoms with Crippen LogP contribution in [0.3, 0.4) is 0 Å². The number of anilines is 3. The van der Waals surface area contributed by atoms with Gasteiger partial charge in [0, 0.05) is 132 Å². The zero-order valence-electron chi connectivity index (χ0n) is 67.8. The molecule has 0 radical (unpaired) electrons. The van der Waals surface area contributed by atoms with E-state index < -0.39 is 98.6 Å². The van der Waals surface area contributed by atoms with Crippen LogP contribution < -0.4 is 37.9 Å². The van der Waals surface area contributed by atoms with Crippen molar-refractivity contribution in [3.63, 3.8) is 0 Å². The van der Waals surface area contributed by atoms with E-state index in [4.69, 9.17) is 42.1 Å². The Morgan fingerprint density at radius 2 is 0.831 bits per heavy atom. The Morgan fingerprint density at radius 3 is 1.17 bits per heavy atom. The van der Waals surface area contributed by atoms with E-state index in [0.717, 1.165) is 62.3 Å². The van der Waals surface area contributed by atoms with Crippen LogP contribution in [0.5, 0.6) is 0 Å². The number of carbonyl (C=O) groups excluding carboxylic acids is 4. The molecule has 39 heteroatoms. The number of amides is 4. The molecule has 9 aromatic rings. The van der Waals surface area contributed by atoms with Gasteiger partial charge in [0.1, 0.15) is 89.0 Å². The largest absolute Gasteiger partial charge is 0.394 e. The highest BCUT2D eigenvalue weighted by Crippen LogP contribution is 2.49. The average molecular weight is 1740 g/mol. The molecule has 650 valence electrons. The van der Waals surface area contributed by atoms with Crippen LogP contribution in [-0.4, -0.2) is 141 Å². The smallest absolute Gasteiger partial charge is 0.385 e. The summed E-state index contributed by atoms with van der Waals surface area (Å²) in [5, 5.41) is 32.1. The van der Waals surface area contributed by atoms with Crippen molar-refractivity contribution in [3.05, 3.63) is 196 Å². The molecule has 124 heavy (non-hydrogen) atoms. The summed E-state index contributed by atoms with van der Waals surface area (Å²) in [6.07, 6.45) is 19.9. The Morgan fingerprint density at radius 1 is 0.508 bits per heavy atom. The number of fused-ring (bicyclic) bond motifs is 9. The number of aromatic nitrogens is 9. The van der Waals surface area contributed by atoms with Crippen LogP contribution >= 0.6 is 0 Å². The summed E-state index contributed by atoms with van der Waals surface area (Å²) < 4.78 is 160. The van der Waals surface area contributed by atoms with E-state index in [1.165, 1.54) is 117 Å². The molecule has 9 atom stereocenters. The van der Waals surface area contributed by atoms with Crippen LogP contribution in [0.15, 0.2) is 112 Å². The van der Waals surface area contributed by atoms with Gasteiger partial charge in [-0.1, -0.05) is 78.4 Å². The lowest BCUT2D eigenvalue weighted by atomic mass is 9.77. The molecule has 0 saturated carbocycles. The lowest BCUT2D eigenvalue weighted by Crippen LogP contribution is -2.59. The van der Waals surface area contributed by atoms with Gasteiger partial charge in [0.25, 0.3) is 36.0 Å². The van der Waals surface area contributed by atoms with E-state index in [9.17, 15) is 78.2 Å². The van der Waals surface area contributed by atoms with Crippen LogP contribution in [0.25, 0.3) is 38.7 Å². The molecular weight excluding hydrogens is 1650 g/mol. The molecule has 6 aliphatic heterocycles. The lowest BCUT2D eigenvalue weighted by Gasteiger charge is -2.46. The number of halogens is 9. The lowest BCUT2D eigenvalue weighted by molar-refractivity contribution is -0.140. The first-order valence-corrected chi connectivity index (χ1v) is 40.1. The number of terminal acetylenes is 3. The van der Waals surface area contributed by atoms with Crippen LogP contribution in [0, 0.1) is 65.8 Å². The van der Waals surface area contributed by atoms with Crippen molar-refractivity contribution < 1.29 is 81.3 Å². The first kappa shape index (κ1) is 91.7. The maximum atomic E-state index is 15.0. The van der Waals surface area contributed by atoms with Crippen molar-refractivity contribution in [3.8, 4) is 43.1 Å². The number of hydrogen-bond donors (Lipinski definition) is 7. The van der Waals surface area contributed by atoms with E-state index >= 15 is 0 Å². The molecule has 0 spiro atoms. The third-order valence-corrected chi connectivity index (χ3v) is 23.0. The maximum Gasteiger partial charge on any atom is 0.394 e. The molecule has 4 amide bonds. The Kier molecular flexibility index (Phi) is 27.6. The maximum absolute atomic E-state index is 15.0. The first-order valence-electron chi connectivity index (χ1n) is 38.7. The monoisotopic (exact) mass is 1740 g/mol. The van der Waals surface area contributed by atoms with Gasteiger partial charge in [0.05, 0.1) is 56.1 Å². The summed E-state index contributed by atoms with van der Waals surface area (Å²) >= 11 is 0. The summed E-state index contributed by atoms with van der Waals surface area (Å²) in [7, 11) is -0.0243. The fourth-order valence-corrected chi connectivity index (χ4v) is 17.9. The Bertz CT molecular complexity index is 6210. The molecule has 29 nitrogen and oxygen atoms in total. The second-order valence-electron chi connectivity index (χ2n) is 30.6. The molecule has 6 aromatic heterocycles. The van der Waals surface area contributed by atoms with Gasteiger partial charge in [0.15, 0.2) is 0 Å². The normalized spacial score (nSPS) is 21.0. The highest BCUT2D eigenvalue weighted by molar-refractivity contribution is 7.79. The Hall–Kier alpha value is -13.1. The highest BCUT2D eigenvalue weighted by Gasteiger charge is 2.53. The van der Waals surface area contributed by atoms with E-state index in [1.807, 2.05) is 15.9 Å². The van der Waals surface area contributed by atoms with E-state index in [-0.39, 0.29) is 135 Å². The van der Waals surface area contributed by atoms with Crippen LogP contribution in [-0.2, 0) is 61.9 Å². The molecule has 6 bridgehead atoms. The number of piperidine rings is 2. The molecule has 3 aromatic carbocycles. The summed E-state index contributed by atoms with van der Waals surface area (Å²) in [6.45, 7) is 7.38. The summed E-state index contributed by atoms with van der Waals surface area (Å²) in [6, 6.07) is 13.2. The second kappa shape index (κ2) is 37.3.